The molecule has 0 amide bonds. The predicted octanol–water partition coefficient (Wildman–Crippen LogP) is 3.23. The number of nitrogens with zero attached hydrogens (tertiary/aromatic N) is 2. The van der Waals surface area contributed by atoms with E-state index in [4.69, 9.17) is 4.42 Å². The van der Waals surface area contributed by atoms with Crippen molar-refractivity contribution in [2.24, 2.45) is 4.99 Å². The lowest BCUT2D eigenvalue weighted by atomic mass is 10.1. The molecule has 0 aliphatic heterocycles. The van der Waals surface area contributed by atoms with Gasteiger partial charge in [0.15, 0.2) is 5.96 Å². The summed E-state index contributed by atoms with van der Waals surface area (Å²) in [5, 5.41) is 6.51. The van der Waals surface area contributed by atoms with Gasteiger partial charge in [-0.25, -0.2) is 4.98 Å². The molecular weight excluding hydrogens is 320 g/mol. The number of aliphatic imine (C=N–C) groups is 1. The summed E-state index contributed by atoms with van der Waals surface area (Å²) in [6.45, 7) is 7.18. The lowest BCUT2D eigenvalue weighted by Crippen LogP contribution is -2.38. The molecule has 0 unspecified atom stereocenters. The van der Waals surface area contributed by atoms with Gasteiger partial charge in [0.05, 0.1) is 12.2 Å². The number of aromatic nitrogens is 1. The molecule has 0 spiro atoms. The van der Waals surface area contributed by atoms with Gasteiger partial charge < -0.3 is 15.1 Å². The molecule has 24 heavy (non-hydrogen) atoms. The van der Waals surface area contributed by atoms with Crippen LogP contribution in [0.2, 0.25) is 0 Å². The smallest absolute Gasteiger partial charge is 0.226 e. The maximum Gasteiger partial charge on any atom is 0.226 e. The summed E-state index contributed by atoms with van der Waals surface area (Å²) in [6, 6.07) is 8.13. The zero-order valence-electron chi connectivity index (χ0n) is 14.2. The van der Waals surface area contributed by atoms with Gasteiger partial charge in [-0.2, -0.15) is 11.8 Å². The highest BCUT2D eigenvalue weighted by Gasteiger charge is 2.07. The maximum absolute atomic E-state index is 5.56. The highest BCUT2D eigenvalue weighted by molar-refractivity contribution is 7.99. The first-order valence-electron chi connectivity index (χ1n) is 7.87. The molecule has 2 N–H and O–H groups in total. The minimum Gasteiger partial charge on any atom is -0.444 e. The number of oxazole rings is 1. The average molecular weight is 344 g/mol. The third-order valence-corrected chi connectivity index (χ3v) is 4.25. The van der Waals surface area contributed by atoms with Crippen LogP contribution in [0.15, 0.2) is 52.6 Å². The van der Waals surface area contributed by atoms with Crippen LogP contribution in [0.25, 0.3) is 11.5 Å². The van der Waals surface area contributed by atoms with Crippen LogP contribution >= 0.6 is 11.8 Å². The Labute approximate surface area is 147 Å². The molecule has 2 aromatic rings. The van der Waals surface area contributed by atoms with Crippen LogP contribution in [0, 0.1) is 6.92 Å². The molecule has 0 radical (unpaired) electrons. The molecule has 0 atom stereocenters. The second-order valence-corrected chi connectivity index (χ2v) is 6.38. The first-order valence-corrected chi connectivity index (χ1v) is 9.03. The molecule has 1 heterocycles. The molecule has 0 aliphatic carbocycles. The molecule has 0 saturated carbocycles. The molecule has 0 aliphatic rings. The van der Waals surface area contributed by atoms with E-state index in [2.05, 4.69) is 34.1 Å². The van der Waals surface area contributed by atoms with Crippen LogP contribution in [-0.4, -0.2) is 36.0 Å². The van der Waals surface area contributed by atoms with Crippen LogP contribution in [-0.2, 0) is 6.54 Å². The Morgan fingerprint density at radius 3 is 2.83 bits per heavy atom. The van der Waals surface area contributed by atoms with E-state index in [1.165, 1.54) is 5.56 Å². The summed E-state index contributed by atoms with van der Waals surface area (Å²) in [7, 11) is 1.76. The molecule has 128 valence electrons. The van der Waals surface area contributed by atoms with Gasteiger partial charge in [0.1, 0.15) is 6.26 Å². The van der Waals surface area contributed by atoms with Gasteiger partial charge in [-0.15, -0.1) is 6.58 Å². The number of thioether (sulfide) groups is 1. The molecule has 0 fully saturated rings. The fourth-order valence-corrected chi connectivity index (χ4v) is 2.60. The maximum atomic E-state index is 5.56. The molecule has 2 rings (SSSR count). The molecule has 1 aromatic carbocycles. The third kappa shape index (κ3) is 5.77. The van der Waals surface area contributed by atoms with E-state index in [0.29, 0.717) is 12.4 Å². The highest BCUT2D eigenvalue weighted by Crippen LogP contribution is 2.18. The SMILES string of the molecule is C=CCSCCNC(=NC)NCc1coc(-c2ccc(C)cc2)n1. The van der Waals surface area contributed by atoms with E-state index < -0.39 is 0 Å². The summed E-state index contributed by atoms with van der Waals surface area (Å²) in [4.78, 5) is 8.71. The van der Waals surface area contributed by atoms with Crippen molar-refractivity contribution in [3.05, 3.63) is 54.4 Å². The standard InChI is InChI=1S/C18H24N4OS/c1-4-10-24-11-9-20-18(19-3)21-12-16-13-23-17(22-16)15-7-5-14(2)6-8-15/h4-8,13H,1,9-12H2,2-3H3,(H2,19,20,21). The zero-order chi connectivity index (χ0) is 17.2. The largest absolute Gasteiger partial charge is 0.444 e. The summed E-state index contributed by atoms with van der Waals surface area (Å²) in [5.41, 5.74) is 3.04. The number of aryl methyl sites for hydroxylation is 1. The Morgan fingerprint density at radius 2 is 2.12 bits per heavy atom. The van der Waals surface area contributed by atoms with Gasteiger partial charge in [-0.3, -0.25) is 4.99 Å². The first-order chi connectivity index (χ1) is 11.7. The summed E-state index contributed by atoms with van der Waals surface area (Å²) in [6.07, 6.45) is 3.59. The Kier molecular flexibility index (Phi) is 7.42. The summed E-state index contributed by atoms with van der Waals surface area (Å²) < 4.78 is 5.56. The van der Waals surface area contributed by atoms with Gasteiger partial charge in [-0.1, -0.05) is 23.8 Å². The van der Waals surface area contributed by atoms with E-state index in [9.17, 15) is 0 Å². The fraction of sp³-hybridized carbons (Fsp3) is 0.333. The highest BCUT2D eigenvalue weighted by atomic mass is 32.2. The first kappa shape index (κ1) is 18.1. The van der Waals surface area contributed by atoms with Crippen LogP contribution in [0.3, 0.4) is 0 Å². The van der Waals surface area contributed by atoms with E-state index in [1.54, 1.807) is 13.3 Å². The topological polar surface area (TPSA) is 62.5 Å². The van der Waals surface area contributed by atoms with Crippen LogP contribution in [0.4, 0.5) is 0 Å². The zero-order valence-corrected chi connectivity index (χ0v) is 15.0. The van der Waals surface area contributed by atoms with Crippen molar-refractivity contribution in [1.82, 2.24) is 15.6 Å². The summed E-state index contributed by atoms with van der Waals surface area (Å²) in [5.74, 6) is 3.37. The van der Waals surface area contributed by atoms with E-state index in [-0.39, 0.29) is 0 Å². The van der Waals surface area contributed by atoms with E-state index in [1.807, 2.05) is 42.1 Å². The number of benzene rings is 1. The van der Waals surface area contributed by atoms with Gasteiger partial charge in [0.2, 0.25) is 5.89 Å². The number of rotatable bonds is 8. The van der Waals surface area contributed by atoms with Crippen molar-refractivity contribution in [2.45, 2.75) is 13.5 Å². The Morgan fingerprint density at radius 1 is 1.33 bits per heavy atom. The molecule has 0 saturated heterocycles. The Bertz CT molecular complexity index is 664. The van der Waals surface area contributed by atoms with E-state index >= 15 is 0 Å². The predicted molar refractivity (Wildman–Crippen MR) is 102 cm³/mol. The van der Waals surface area contributed by atoms with Gasteiger partial charge in [-0.05, 0) is 19.1 Å². The normalized spacial score (nSPS) is 11.3. The quantitative estimate of drug-likeness (QED) is 0.333. The van der Waals surface area contributed by atoms with Crippen molar-refractivity contribution in [2.75, 3.05) is 25.1 Å². The van der Waals surface area contributed by atoms with Crippen molar-refractivity contribution < 1.29 is 4.42 Å². The number of nitrogens with one attached hydrogen (secondary N) is 2. The minimum absolute atomic E-state index is 0.564. The minimum atomic E-state index is 0.564. The lowest BCUT2D eigenvalue weighted by Gasteiger charge is -2.10. The fourth-order valence-electron chi connectivity index (χ4n) is 2.02. The van der Waals surface area contributed by atoms with Crippen molar-refractivity contribution >= 4 is 17.7 Å². The average Bonchev–Trinajstić information content (AvgIpc) is 3.07. The molecule has 6 heteroatoms. The van der Waals surface area contributed by atoms with Crippen LogP contribution < -0.4 is 10.6 Å². The number of guanidine groups is 1. The molecular formula is C18H24N4OS. The monoisotopic (exact) mass is 344 g/mol. The third-order valence-electron chi connectivity index (χ3n) is 3.29. The van der Waals surface area contributed by atoms with Crippen molar-refractivity contribution in [3.8, 4) is 11.5 Å². The number of hydrogen-bond donors (Lipinski definition) is 2. The molecule has 0 bridgehead atoms. The van der Waals surface area contributed by atoms with Gasteiger partial charge in [0.25, 0.3) is 0 Å². The second-order valence-electron chi connectivity index (χ2n) is 5.23. The lowest BCUT2D eigenvalue weighted by molar-refractivity contribution is 0.572. The van der Waals surface area contributed by atoms with Crippen molar-refractivity contribution in [3.63, 3.8) is 0 Å². The Hall–Kier alpha value is -2.21. The van der Waals surface area contributed by atoms with Gasteiger partial charge >= 0.3 is 0 Å². The van der Waals surface area contributed by atoms with Crippen molar-refractivity contribution in [1.29, 1.82) is 0 Å². The Balaban J connectivity index is 1.81. The van der Waals surface area contributed by atoms with Gasteiger partial charge in [0, 0.05) is 30.7 Å². The van der Waals surface area contributed by atoms with E-state index in [0.717, 1.165) is 35.3 Å². The van der Waals surface area contributed by atoms with Crippen LogP contribution in [0.5, 0.6) is 0 Å². The number of hydrogen-bond acceptors (Lipinski definition) is 4. The summed E-state index contributed by atoms with van der Waals surface area (Å²) >= 11 is 1.83. The second kappa shape index (κ2) is 9.82. The molecule has 1 aromatic heterocycles. The molecule has 5 nitrogen and oxygen atoms in total. The van der Waals surface area contributed by atoms with Crippen LogP contribution in [0.1, 0.15) is 11.3 Å².